The molecule has 1 aromatic heterocycles. The Bertz CT molecular complexity index is 1520. The second-order valence-electron chi connectivity index (χ2n) is 9.12. The van der Waals surface area contributed by atoms with E-state index in [0.29, 0.717) is 28.0 Å². The van der Waals surface area contributed by atoms with Gasteiger partial charge in [0.25, 0.3) is 5.91 Å². The van der Waals surface area contributed by atoms with Crippen LogP contribution in [0.25, 0.3) is 17.0 Å². The number of amidine groups is 1. The van der Waals surface area contributed by atoms with Crippen molar-refractivity contribution in [2.24, 2.45) is 4.99 Å². The SMILES string of the molecule is CCCCN1C(=O)/C(=C\c2cn(Cc3ccc(Cl)cc3Cl)c3ccccc23)SC1=Nc1ccc(C)cc1. The standard InChI is InChI=1S/C30H27Cl2N3OS/c1-3-4-15-35-29(36)28(37-30(35)33-24-13-9-20(2)10-14-24)16-22-19-34(27-8-6-5-7-25(22)27)18-21-11-12-23(31)17-26(21)32/h5-14,16-17,19H,3-4,15,18H2,1-2H3/b28-16+,33-30?. The van der Waals surface area contributed by atoms with E-state index in [1.165, 1.54) is 17.3 Å². The molecule has 0 spiro atoms. The third-order valence-electron chi connectivity index (χ3n) is 6.34. The number of nitrogens with zero attached hydrogens (tertiary/aromatic N) is 3. The van der Waals surface area contributed by atoms with Crippen LogP contribution in [0.4, 0.5) is 5.69 Å². The highest BCUT2D eigenvalue weighted by atomic mass is 35.5. The second kappa shape index (κ2) is 11.2. The van der Waals surface area contributed by atoms with E-state index in [1.54, 1.807) is 6.07 Å². The average molecular weight is 549 g/mol. The highest BCUT2D eigenvalue weighted by Gasteiger charge is 2.33. The predicted octanol–water partition coefficient (Wildman–Crippen LogP) is 8.71. The van der Waals surface area contributed by atoms with Crippen LogP contribution in [-0.2, 0) is 11.3 Å². The molecule has 4 nitrogen and oxygen atoms in total. The number of halogens is 2. The molecule has 0 radical (unpaired) electrons. The zero-order valence-corrected chi connectivity index (χ0v) is 23.1. The van der Waals surface area contributed by atoms with Crippen molar-refractivity contribution in [1.82, 2.24) is 9.47 Å². The average Bonchev–Trinajstić information content (AvgIpc) is 3.38. The lowest BCUT2D eigenvalue weighted by atomic mass is 10.1. The van der Waals surface area contributed by atoms with Gasteiger partial charge in [0.2, 0.25) is 0 Å². The fraction of sp³-hybridized carbons (Fsp3) is 0.200. The predicted molar refractivity (Wildman–Crippen MR) is 158 cm³/mol. The van der Waals surface area contributed by atoms with Crippen molar-refractivity contribution in [3.8, 4) is 0 Å². The molecule has 1 saturated heterocycles. The highest BCUT2D eigenvalue weighted by molar-refractivity contribution is 8.18. The number of aromatic nitrogens is 1. The van der Waals surface area contributed by atoms with Crippen LogP contribution in [0.3, 0.4) is 0 Å². The topological polar surface area (TPSA) is 37.6 Å². The third-order valence-corrected chi connectivity index (χ3v) is 7.94. The van der Waals surface area contributed by atoms with E-state index >= 15 is 0 Å². The fourth-order valence-electron chi connectivity index (χ4n) is 4.33. The number of unbranched alkanes of at least 4 members (excludes halogenated alkanes) is 1. The molecular formula is C30H27Cl2N3OS. The number of benzene rings is 3. The van der Waals surface area contributed by atoms with Crippen LogP contribution in [0, 0.1) is 6.92 Å². The maximum atomic E-state index is 13.5. The van der Waals surface area contributed by atoms with Gasteiger partial charge in [0.1, 0.15) is 0 Å². The number of hydrogen-bond donors (Lipinski definition) is 0. The van der Waals surface area contributed by atoms with E-state index in [9.17, 15) is 4.79 Å². The molecule has 0 aliphatic carbocycles. The first-order chi connectivity index (χ1) is 17.9. The summed E-state index contributed by atoms with van der Waals surface area (Å²) < 4.78 is 2.16. The number of rotatable bonds is 7. The van der Waals surface area contributed by atoms with E-state index < -0.39 is 0 Å². The van der Waals surface area contributed by atoms with Crippen LogP contribution in [0.5, 0.6) is 0 Å². The van der Waals surface area contributed by atoms with Crippen molar-refractivity contribution >= 4 is 68.7 Å². The van der Waals surface area contributed by atoms with Gasteiger partial charge in [0.05, 0.1) is 10.6 Å². The number of thioether (sulfide) groups is 1. The summed E-state index contributed by atoms with van der Waals surface area (Å²) in [6, 6.07) is 21.8. The molecule has 7 heteroatoms. The molecule has 0 N–H and O–H groups in total. The molecule has 1 amide bonds. The molecule has 4 aromatic rings. The summed E-state index contributed by atoms with van der Waals surface area (Å²) in [6.45, 7) is 5.43. The molecular weight excluding hydrogens is 521 g/mol. The molecule has 188 valence electrons. The van der Waals surface area contributed by atoms with Gasteiger partial charge in [-0.2, -0.15) is 0 Å². The van der Waals surface area contributed by atoms with E-state index in [1.807, 2.05) is 59.5 Å². The number of aryl methyl sites for hydroxylation is 1. The molecule has 0 bridgehead atoms. The van der Waals surface area contributed by atoms with Crippen LogP contribution < -0.4 is 0 Å². The molecule has 0 atom stereocenters. The van der Waals surface area contributed by atoms with Gasteiger partial charge in [0, 0.05) is 45.8 Å². The van der Waals surface area contributed by atoms with Crippen molar-refractivity contribution in [2.45, 2.75) is 33.2 Å². The Balaban J connectivity index is 1.52. The molecule has 37 heavy (non-hydrogen) atoms. The number of hydrogen-bond acceptors (Lipinski definition) is 3. The zero-order chi connectivity index (χ0) is 25.9. The molecule has 2 heterocycles. The van der Waals surface area contributed by atoms with Crippen LogP contribution in [0.15, 0.2) is 82.8 Å². The lowest BCUT2D eigenvalue weighted by molar-refractivity contribution is -0.122. The number of carbonyl (C=O) groups is 1. The Labute approximate surface area is 231 Å². The molecule has 0 unspecified atom stereocenters. The van der Waals surface area contributed by atoms with E-state index in [0.717, 1.165) is 45.7 Å². The van der Waals surface area contributed by atoms with Crippen molar-refractivity contribution in [2.75, 3.05) is 6.54 Å². The molecule has 3 aromatic carbocycles. The fourth-order valence-corrected chi connectivity index (χ4v) is 5.81. The Morgan fingerprint density at radius 2 is 1.81 bits per heavy atom. The van der Waals surface area contributed by atoms with Gasteiger partial charge in [-0.05, 0) is 67.1 Å². The zero-order valence-electron chi connectivity index (χ0n) is 20.7. The van der Waals surface area contributed by atoms with Crippen molar-refractivity contribution in [1.29, 1.82) is 0 Å². The first kappa shape index (κ1) is 25.7. The minimum Gasteiger partial charge on any atom is -0.342 e. The number of aliphatic imine (C=N–C) groups is 1. The molecule has 1 aliphatic heterocycles. The highest BCUT2D eigenvalue weighted by Crippen LogP contribution is 2.36. The smallest absolute Gasteiger partial charge is 0.266 e. The quantitative estimate of drug-likeness (QED) is 0.217. The Kier molecular flexibility index (Phi) is 7.75. The lowest BCUT2D eigenvalue weighted by Gasteiger charge is -2.14. The maximum Gasteiger partial charge on any atom is 0.266 e. The largest absolute Gasteiger partial charge is 0.342 e. The first-order valence-electron chi connectivity index (χ1n) is 12.3. The number of fused-ring (bicyclic) bond motifs is 1. The van der Waals surface area contributed by atoms with Gasteiger partial charge < -0.3 is 4.57 Å². The van der Waals surface area contributed by atoms with Gasteiger partial charge in [-0.25, -0.2) is 4.99 Å². The number of para-hydroxylation sites is 1. The van der Waals surface area contributed by atoms with Crippen molar-refractivity contribution in [3.63, 3.8) is 0 Å². The summed E-state index contributed by atoms with van der Waals surface area (Å²) in [5.74, 6) is 0.00175. The summed E-state index contributed by atoms with van der Waals surface area (Å²) in [5.41, 5.74) is 5.07. The second-order valence-corrected chi connectivity index (χ2v) is 11.0. The van der Waals surface area contributed by atoms with Gasteiger partial charge in [0.15, 0.2) is 5.17 Å². The first-order valence-corrected chi connectivity index (χ1v) is 13.9. The van der Waals surface area contributed by atoms with E-state index in [2.05, 4.69) is 36.7 Å². The molecule has 1 fully saturated rings. The number of carbonyl (C=O) groups excluding carboxylic acids is 1. The van der Waals surface area contributed by atoms with Crippen LogP contribution in [0.1, 0.15) is 36.5 Å². The molecule has 1 aliphatic rings. The summed E-state index contributed by atoms with van der Waals surface area (Å²) >= 11 is 14.0. The van der Waals surface area contributed by atoms with Crippen LogP contribution in [0.2, 0.25) is 10.0 Å². The minimum atomic E-state index is 0.00175. The van der Waals surface area contributed by atoms with Crippen molar-refractivity contribution < 1.29 is 4.79 Å². The monoisotopic (exact) mass is 547 g/mol. The maximum absolute atomic E-state index is 13.5. The summed E-state index contributed by atoms with van der Waals surface area (Å²) in [6.07, 6.45) is 6.01. The Morgan fingerprint density at radius 1 is 1.03 bits per heavy atom. The van der Waals surface area contributed by atoms with E-state index in [4.69, 9.17) is 28.2 Å². The van der Waals surface area contributed by atoms with Gasteiger partial charge in [-0.3, -0.25) is 9.69 Å². The Morgan fingerprint density at radius 3 is 2.57 bits per heavy atom. The summed E-state index contributed by atoms with van der Waals surface area (Å²) in [5, 5.41) is 3.06. The third kappa shape index (κ3) is 5.64. The van der Waals surface area contributed by atoms with Gasteiger partial charge in [-0.15, -0.1) is 0 Å². The van der Waals surface area contributed by atoms with Crippen LogP contribution >= 0.6 is 35.0 Å². The van der Waals surface area contributed by atoms with Crippen LogP contribution in [-0.4, -0.2) is 27.1 Å². The van der Waals surface area contributed by atoms with Crippen molar-refractivity contribution in [3.05, 3.63) is 105 Å². The van der Waals surface area contributed by atoms with E-state index in [-0.39, 0.29) is 5.91 Å². The number of amides is 1. The minimum absolute atomic E-state index is 0.00175. The van der Waals surface area contributed by atoms with Gasteiger partial charge >= 0.3 is 0 Å². The normalized spacial score (nSPS) is 16.0. The summed E-state index contributed by atoms with van der Waals surface area (Å²) in [4.78, 5) is 20.8. The molecule has 0 saturated carbocycles. The van der Waals surface area contributed by atoms with Gasteiger partial charge in [-0.1, -0.05) is 78.5 Å². The Hall–Kier alpha value is -2.99. The summed E-state index contributed by atoms with van der Waals surface area (Å²) in [7, 11) is 0. The lowest BCUT2D eigenvalue weighted by Crippen LogP contribution is -2.30. The molecule has 5 rings (SSSR count).